The quantitative estimate of drug-likeness (QED) is 0.790. The molecule has 1 rings (SSSR count). The standard InChI is InChI=1S/C12H17NO5/c1-16-10-5-9(6-11(7-10)17-2)8-18-12(15)13-3-4-14/h5-7,14H,3-4,8H2,1-2H3,(H,13,15). The molecule has 0 radical (unpaired) electrons. The predicted molar refractivity (Wildman–Crippen MR) is 64.8 cm³/mol. The first-order chi connectivity index (χ1) is 8.69. The zero-order valence-electron chi connectivity index (χ0n) is 10.4. The van der Waals surface area contributed by atoms with Gasteiger partial charge in [-0.3, -0.25) is 0 Å². The number of aliphatic hydroxyl groups is 1. The molecular formula is C12H17NO5. The average Bonchev–Trinajstić information content (AvgIpc) is 2.42. The summed E-state index contributed by atoms with van der Waals surface area (Å²) in [7, 11) is 3.10. The van der Waals surface area contributed by atoms with Crippen molar-refractivity contribution in [2.45, 2.75) is 6.61 Å². The lowest BCUT2D eigenvalue weighted by Gasteiger charge is -2.09. The van der Waals surface area contributed by atoms with Gasteiger partial charge in [0.1, 0.15) is 18.1 Å². The van der Waals surface area contributed by atoms with Crippen LogP contribution in [-0.4, -0.2) is 38.6 Å². The van der Waals surface area contributed by atoms with Gasteiger partial charge in [-0.2, -0.15) is 0 Å². The van der Waals surface area contributed by atoms with Gasteiger partial charge in [-0.05, 0) is 17.7 Å². The van der Waals surface area contributed by atoms with Crippen molar-refractivity contribution in [3.8, 4) is 11.5 Å². The first kappa shape index (κ1) is 14.1. The van der Waals surface area contributed by atoms with Crippen LogP contribution in [0.3, 0.4) is 0 Å². The molecule has 6 nitrogen and oxygen atoms in total. The van der Waals surface area contributed by atoms with Crippen molar-refractivity contribution >= 4 is 6.09 Å². The fourth-order valence-corrected chi connectivity index (χ4v) is 1.31. The molecule has 0 aliphatic carbocycles. The Balaban J connectivity index is 2.58. The van der Waals surface area contributed by atoms with E-state index in [1.54, 1.807) is 32.4 Å². The van der Waals surface area contributed by atoms with Crippen molar-refractivity contribution in [1.82, 2.24) is 5.32 Å². The first-order valence-corrected chi connectivity index (χ1v) is 5.43. The largest absolute Gasteiger partial charge is 0.497 e. The van der Waals surface area contributed by atoms with E-state index < -0.39 is 6.09 Å². The molecular weight excluding hydrogens is 238 g/mol. The highest BCUT2D eigenvalue weighted by Crippen LogP contribution is 2.22. The maximum absolute atomic E-state index is 11.2. The van der Waals surface area contributed by atoms with Gasteiger partial charge in [-0.1, -0.05) is 0 Å². The molecule has 0 unspecified atom stereocenters. The van der Waals surface area contributed by atoms with Crippen LogP contribution in [0.4, 0.5) is 4.79 Å². The van der Waals surface area contributed by atoms with Crippen molar-refractivity contribution in [2.75, 3.05) is 27.4 Å². The van der Waals surface area contributed by atoms with Crippen LogP contribution in [0.2, 0.25) is 0 Å². The van der Waals surface area contributed by atoms with E-state index in [1.807, 2.05) is 0 Å². The monoisotopic (exact) mass is 255 g/mol. The summed E-state index contributed by atoms with van der Waals surface area (Å²) in [5.41, 5.74) is 0.755. The molecule has 1 aromatic rings. The molecule has 18 heavy (non-hydrogen) atoms. The van der Waals surface area contributed by atoms with Gasteiger partial charge < -0.3 is 24.6 Å². The van der Waals surface area contributed by atoms with Gasteiger partial charge in [-0.15, -0.1) is 0 Å². The number of hydrogen-bond donors (Lipinski definition) is 2. The fraction of sp³-hybridized carbons (Fsp3) is 0.417. The van der Waals surface area contributed by atoms with Crippen molar-refractivity contribution in [1.29, 1.82) is 0 Å². The summed E-state index contributed by atoms with van der Waals surface area (Å²) in [6.45, 7) is 0.146. The first-order valence-electron chi connectivity index (χ1n) is 5.43. The zero-order chi connectivity index (χ0) is 13.4. The smallest absolute Gasteiger partial charge is 0.407 e. The fourth-order valence-electron chi connectivity index (χ4n) is 1.31. The van der Waals surface area contributed by atoms with Gasteiger partial charge in [0.25, 0.3) is 0 Å². The molecule has 2 N–H and O–H groups in total. The summed E-state index contributed by atoms with van der Waals surface area (Å²) in [5, 5.41) is 10.9. The summed E-state index contributed by atoms with van der Waals surface area (Å²) < 4.78 is 15.2. The number of amides is 1. The molecule has 6 heteroatoms. The minimum atomic E-state index is -0.578. The van der Waals surface area contributed by atoms with Gasteiger partial charge in [-0.25, -0.2) is 4.79 Å². The summed E-state index contributed by atoms with van der Waals surface area (Å²) in [5.74, 6) is 1.26. The van der Waals surface area contributed by atoms with Crippen LogP contribution in [0.5, 0.6) is 11.5 Å². The minimum Gasteiger partial charge on any atom is -0.497 e. The van der Waals surface area contributed by atoms with Crippen molar-refractivity contribution in [3.05, 3.63) is 23.8 Å². The van der Waals surface area contributed by atoms with Crippen LogP contribution in [0.1, 0.15) is 5.56 Å². The minimum absolute atomic E-state index is 0.102. The van der Waals surface area contributed by atoms with E-state index in [9.17, 15) is 4.79 Å². The van der Waals surface area contributed by atoms with Gasteiger partial charge >= 0.3 is 6.09 Å². The number of benzene rings is 1. The van der Waals surface area contributed by atoms with Crippen LogP contribution >= 0.6 is 0 Å². The van der Waals surface area contributed by atoms with Gasteiger partial charge in [0, 0.05) is 12.6 Å². The summed E-state index contributed by atoms with van der Waals surface area (Å²) in [6, 6.07) is 5.24. The lowest BCUT2D eigenvalue weighted by atomic mass is 10.2. The number of rotatable bonds is 6. The number of carbonyl (C=O) groups is 1. The third-order valence-electron chi connectivity index (χ3n) is 2.16. The van der Waals surface area contributed by atoms with Crippen LogP contribution < -0.4 is 14.8 Å². The molecule has 100 valence electrons. The summed E-state index contributed by atoms with van der Waals surface area (Å²) in [6.07, 6.45) is -0.578. The van der Waals surface area contributed by atoms with Gasteiger partial charge in [0.15, 0.2) is 0 Å². The van der Waals surface area contributed by atoms with E-state index in [-0.39, 0.29) is 19.8 Å². The maximum Gasteiger partial charge on any atom is 0.407 e. The number of ether oxygens (including phenoxy) is 3. The molecule has 0 aromatic heterocycles. The summed E-state index contributed by atoms with van der Waals surface area (Å²) in [4.78, 5) is 11.2. The molecule has 0 fully saturated rings. The Morgan fingerprint density at radius 1 is 1.22 bits per heavy atom. The average molecular weight is 255 g/mol. The molecule has 0 aliphatic rings. The second kappa shape index (κ2) is 7.39. The molecule has 0 bridgehead atoms. The third-order valence-corrected chi connectivity index (χ3v) is 2.16. The lowest BCUT2D eigenvalue weighted by Crippen LogP contribution is -2.26. The molecule has 0 aliphatic heterocycles. The van der Waals surface area contributed by atoms with E-state index in [0.717, 1.165) is 5.56 Å². The van der Waals surface area contributed by atoms with Crippen LogP contribution in [0.25, 0.3) is 0 Å². The molecule has 0 atom stereocenters. The second-order valence-corrected chi connectivity index (χ2v) is 3.45. The normalized spacial score (nSPS) is 9.72. The number of aliphatic hydroxyl groups excluding tert-OH is 1. The van der Waals surface area contributed by atoms with Crippen molar-refractivity contribution < 1.29 is 24.1 Å². The van der Waals surface area contributed by atoms with Crippen LogP contribution in [0, 0.1) is 0 Å². The van der Waals surface area contributed by atoms with Crippen LogP contribution in [0.15, 0.2) is 18.2 Å². The Bertz CT molecular complexity index is 372. The molecule has 1 amide bonds. The Morgan fingerprint density at radius 3 is 2.33 bits per heavy atom. The van der Waals surface area contributed by atoms with E-state index in [4.69, 9.17) is 19.3 Å². The molecule has 0 saturated heterocycles. The molecule has 1 aromatic carbocycles. The van der Waals surface area contributed by atoms with Crippen molar-refractivity contribution in [2.24, 2.45) is 0 Å². The Hall–Kier alpha value is -1.95. The predicted octanol–water partition coefficient (Wildman–Crippen LogP) is 0.922. The third kappa shape index (κ3) is 4.50. The maximum atomic E-state index is 11.2. The summed E-state index contributed by atoms with van der Waals surface area (Å²) >= 11 is 0. The highest BCUT2D eigenvalue weighted by molar-refractivity contribution is 5.67. The molecule has 0 heterocycles. The van der Waals surface area contributed by atoms with E-state index in [0.29, 0.717) is 11.5 Å². The SMILES string of the molecule is COc1cc(COC(=O)NCCO)cc(OC)c1. The highest BCUT2D eigenvalue weighted by atomic mass is 16.5. The highest BCUT2D eigenvalue weighted by Gasteiger charge is 2.05. The van der Waals surface area contributed by atoms with Crippen molar-refractivity contribution in [3.63, 3.8) is 0 Å². The van der Waals surface area contributed by atoms with E-state index in [1.165, 1.54) is 0 Å². The molecule has 0 spiro atoms. The zero-order valence-corrected chi connectivity index (χ0v) is 10.4. The van der Waals surface area contributed by atoms with Gasteiger partial charge in [0.05, 0.1) is 20.8 Å². The Kier molecular flexibility index (Phi) is 5.79. The Labute approximate surface area is 105 Å². The van der Waals surface area contributed by atoms with Crippen LogP contribution in [-0.2, 0) is 11.3 Å². The number of hydrogen-bond acceptors (Lipinski definition) is 5. The second-order valence-electron chi connectivity index (χ2n) is 3.45. The van der Waals surface area contributed by atoms with Gasteiger partial charge in [0.2, 0.25) is 0 Å². The van der Waals surface area contributed by atoms with E-state index >= 15 is 0 Å². The Morgan fingerprint density at radius 2 is 1.83 bits per heavy atom. The van der Waals surface area contributed by atoms with E-state index in [2.05, 4.69) is 5.32 Å². The lowest BCUT2D eigenvalue weighted by molar-refractivity contribution is 0.137. The number of nitrogens with one attached hydrogen (secondary N) is 1. The number of methoxy groups -OCH3 is 2. The topological polar surface area (TPSA) is 77.0 Å². The number of carbonyl (C=O) groups excluding carboxylic acids is 1. The number of alkyl carbamates (subject to hydrolysis) is 1. The molecule has 0 saturated carbocycles.